The van der Waals surface area contributed by atoms with E-state index in [2.05, 4.69) is 12.8 Å². The van der Waals surface area contributed by atoms with Crippen molar-refractivity contribution in [2.75, 3.05) is 7.11 Å². The monoisotopic (exact) mass is 145 g/mol. The molecule has 1 rings (SSSR count). The molecule has 0 bridgehead atoms. The number of rotatable bonds is 1. The third kappa shape index (κ3) is 1.53. The Labute approximate surface area is 67.0 Å². The lowest BCUT2D eigenvalue weighted by molar-refractivity contribution is 0.414. The summed E-state index contributed by atoms with van der Waals surface area (Å²) in [7, 11) is 1.61. The molecule has 0 saturated carbocycles. The first-order valence-corrected chi connectivity index (χ1v) is 3.24. The zero-order chi connectivity index (χ0) is 8.27. The summed E-state index contributed by atoms with van der Waals surface area (Å²) in [5.74, 6) is 3.30. The molecule has 1 nitrogen and oxygen atoms in total. The highest BCUT2D eigenvalue weighted by molar-refractivity contribution is 5.46. The van der Waals surface area contributed by atoms with Gasteiger partial charge in [0.2, 0.25) is 0 Å². The molecule has 1 heteroatoms. The number of ether oxygens (including phenoxy) is 1. The van der Waals surface area contributed by atoms with Crippen LogP contribution in [0.25, 0.3) is 0 Å². The van der Waals surface area contributed by atoms with E-state index in [0.717, 1.165) is 16.9 Å². The van der Waals surface area contributed by atoms with E-state index in [9.17, 15) is 0 Å². The van der Waals surface area contributed by atoms with E-state index in [1.54, 1.807) is 13.2 Å². The van der Waals surface area contributed by atoms with Crippen molar-refractivity contribution in [3.05, 3.63) is 36.2 Å². The van der Waals surface area contributed by atoms with Crippen molar-refractivity contribution in [2.24, 2.45) is 0 Å². The van der Waals surface area contributed by atoms with Crippen molar-refractivity contribution in [1.29, 1.82) is 0 Å². The van der Waals surface area contributed by atoms with Crippen LogP contribution in [0.5, 0.6) is 5.75 Å². The normalized spacial score (nSPS) is 8.82. The van der Waals surface area contributed by atoms with E-state index >= 15 is 0 Å². The maximum atomic E-state index is 5.23. The van der Waals surface area contributed by atoms with Gasteiger partial charge in [0.1, 0.15) is 5.75 Å². The molecule has 0 spiro atoms. The third-order valence-corrected chi connectivity index (χ3v) is 1.47. The van der Waals surface area contributed by atoms with Gasteiger partial charge in [0.05, 0.1) is 7.11 Å². The molecule has 0 aromatic heterocycles. The van der Waals surface area contributed by atoms with Gasteiger partial charge in [-0.25, -0.2) is 0 Å². The number of benzene rings is 1. The van der Waals surface area contributed by atoms with Crippen LogP contribution in [0.3, 0.4) is 0 Å². The average molecular weight is 145 g/mol. The van der Waals surface area contributed by atoms with Gasteiger partial charge < -0.3 is 4.74 Å². The first-order chi connectivity index (χ1) is 5.27. The van der Waals surface area contributed by atoms with Gasteiger partial charge >= 0.3 is 0 Å². The van der Waals surface area contributed by atoms with E-state index in [-0.39, 0.29) is 0 Å². The fraction of sp³-hybridized carbons (Fsp3) is 0.100. The van der Waals surface area contributed by atoms with Crippen molar-refractivity contribution in [1.82, 2.24) is 0 Å². The van der Waals surface area contributed by atoms with Gasteiger partial charge in [-0.15, -0.1) is 6.42 Å². The van der Waals surface area contributed by atoms with Crippen LogP contribution >= 0.6 is 0 Å². The van der Waals surface area contributed by atoms with Crippen LogP contribution in [0, 0.1) is 19.3 Å². The molecule has 0 aliphatic rings. The largest absolute Gasteiger partial charge is 0.497 e. The van der Waals surface area contributed by atoms with E-state index in [1.807, 2.05) is 12.1 Å². The van der Waals surface area contributed by atoms with Crippen LogP contribution in [0.15, 0.2) is 18.2 Å². The van der Waals surface area contributed by atoms with Gasteiger partial charge in [0, 0.05) is 5.56 Å². The van der Waals surface area contributed by atoms with Gasteiger partial charge in [0.15, 0.2) is 0 Å². The van der Waals surface area contributed by atoms with Crippen molar-refractivity contribution < 1.29 is 4.74 Å². The standard InChI is InChI=1S/C10H9O/c1-4-9-7-10(11-3)6-5-8(9)2/h1,5-7H,2H2,3H3. The Hall–Kier alpha value is -1.42. The molecule has 0 aliphatic heterocycles. The van der Waals surface area contributed by atoms with Crippen molar-refractivity contribution in [3.8, 4) is 18.1 Å². The smallest absolute Gasteiger partial charge is 0.120 e. The Morgan fingerprint density at radius 1 is 1.55 bits per heavy atom. The molecule has 0 saturated heterocycles. The molecule has 0 aliphatic carbocycles. The lowest BCUT2D eigenvalue weighted by atomic mass is 10.1. The van der Waals surface area contributed by atoms with Gasteiger partial charge in [-0.2, -0.15) is 0 Å². The number of methoxy groups -OCH3 is 1. The summed E-state index contributed by atoms with van der Waals surface area (Å²) in [6.07, 6.45) is 5.23. The second-order valence-electron chi connectivity index (χ2n) is 2.17. The van der Waals surface area contributed by atoms with E-state index < -0.39 is 0 Å². The van der Waals surface area contributed by atoms with Crippen LogP contribution in [0.1, 0.15) is 11.1 Å². The summed E-state index contributed by atoms with van der Waals surface area (Å²) in [5.41, 5.74) is 1.64. The van der Waals surface area contributed by atoms with Crippen LogP contribution in [-0.4, -0.2) is 7.11 Å². The highest BCUT2D eigenvalue weighted by Crippen LogP contribution is 2.15. The third-order valence-electron chi connectivity index (χ3n) is 1.47. The SMILES string of the molecule is C#Cc1cc(OC)ccc1[CH2]. The summed E-state index contributed by atoms with van der Waals surface area (Å²) in [4.78, 5) is 0. The first-order valence-electron chi connectivity index (χ1n) is 3.24. The molecule has 0 atom stereocenters. The molecular weight excluding hydrogens is 136 g/mol. The predicted molar refractivity (Wildman–Crippen MR) is 45.4 cm³/mol. The van der Waals surface area contributed by atoms with Crippen LogP contribution in [0.2, 0.25) is 0 Å². The molecule has 0 heterocycles. The van der Waals surface area contributed by atoms with Gasteiger partial charge in [0.25, 0.3) is 0 Å². The Bertz CT molecular complexity index is 294. The van der Waals surface area contributed by atoms with Crippen molar-refractivity contribution >= 4 is 0 Å². The number of hydrogen-bond donors (Lipinski definition) is 0. The topological polar surface area (TPSA) is 9.23 Å². The lowest BCUT2D eigenvalue weighted by Crippen LogP contribution is -1.86. The van der Waals surface area contributed by atoms with Gasteiger partial charge in [-0.05, 0) is 24.6 Å². The van der Waals surface area contributed by atoms with Crippen LogP contribution in [0.4, 0.5) is 0 Å². The maximum Gasteiger partial charge on any atom is 0.120 e. The highest BCUT2D eigenvalue weighted by Gasteiger charge is 1.95. The summed E-state index contributed by atoms with van der Waals surface area (Å²) < 4.78 is 4.99. The maximum absolute atomic E-state index is 5.23. The summed E-state index contributed by atoms with van der Waals surface area (Å²) in [6.45, 7) is 3.77. The molecule has 1 aromatic carbocycles. The quantitative estimate of drug-likeness (QED) is 0.548. The van der Waals surface area contributed by atoms with E-state index in [0.29, 0.717) is 0 Å². The molecule has 0 amide bonds. The first kappa shape index (κ1) is 7.68. The van der Waals surface area contributed by atoms with E-state index in [1.165, 1.54) is 0 Å². The Morgan fingerprint density at radius 3 is 2.82 bits per heavy atom. The summed E-state index contributed by atoms with van der Waals surface area (Å²) in [5, 5.41) is 0. The molecule has 1 aromatic rings. The Morgan fingerprint density at radius 2 is 2.27 bits per heavy atom. The zero-order valence-electron chi connectivity index (χ0n) is 6.42. The molecule has 1 radical (unpaired) electrons. The lowest BCUT2D eigenvalue weighted by Gasteiger charge is -2.01. The minimum absolute atomic E-state index is 0.769. The van der Waals surface area contributed by atoms with Crippen LogP contribution in [-0.2, 0) is 0 Å². The Kier molecular flexibility index (Phi) is 2.18. The minimum Gasteiger partial charge on any atom is -0.497 e. The second kappa shape index (κ2) is 3.12. The Balaban J connectivity index is 3.15. The summed E-state index contributed by atoms with van der Waals surface area (Å²) in [6, 6.07) is 5.47. The molecule has 55 valence electrons. The number of terminal acetylenes is 1. The zero-order valence-corrected chi connectivity index (χ0v) is 6.42. The van der Waals surface area contributed by atoms with Crippen LogP contribution < -0.4 is 4.74 Å². The molecule has 0 unspecified atom stereocenters. The average Bonchev–Trinajstić information content (AvgIpc) is 2.05. The predicted octanol–water partition coefficient (Wildman–Crippen LogP) is 1.86. The fourth-order valence-corrected chi connectivity index (χ4v) is 0.817. The highest BCUT2D eigenvalue weighted by atomic mass is 16.5. The summed E-state index contributed by atoms with van der Waals surface area (Å²) >= 11 is 0. The molecular formula is C10H9O. The molecule has 11 heavy (non-hydrogen) atoms. The fourth-order valence-electron chi connectivity index (χ4n) is 0.817. The molecule has 0 N–H and O–H groups in total. The van der Waals surface area contributed by atoms with Crippen molar-refractivity contribution in [3.63, 3.8) is 0 Å². The minimum atomic E-state index is 0.769. The van der Waals surface area contributed by atoms with Gasteiger partial charge in [-0.3, -0.25) is 0 Å². The van der Waals surface area contributed by atoms with Gasteiger partial charge in [-0.1, -0.05) is 12.0 Å². The van der Waals surface area contributed by atoms with E-state index in [4.69, 9.17) is 11.2 Å². The van der Waals surface area contributed by atoms with Crippen molar-refractivity contribution in [2.45, 2.75) is 0 Å². The number of hydrogen-bond acceptors (Lipinski definition) is 1. The second-order valence-corrected chi connectivity index (χ2v) is 2.17. The molecule has 0 fully saturated rings.